The summed E-state index contributed by atoms with van der Waals surface area (Å²) < 4.78 is 0. The summed E-state index contributed by atoms with van der Waals surface area (Å²) in [6, 6.07) is 7.75. The molecule has 76 valence electrons. The zero-order valence-corrected chi connectivity index (χ0v) is 8.87. The van der Waals surface area contributed by atoms with E-state index in [4.69, 9.17) is 0 Å². The number of nitrogens with one attached hydrogen (secondary N) is 1. The van der Waals surface area contributed by atoms with E-state index in [-0.39, 0.29) is 6.03 Å². The number of anilines is 1. The molecule has 0 saturated heterocycles. The lowest BCUT2D eigenvalue weighted by molar-refractivity contribution is 0.248. The highest BCUT2D eigenvalue weighted by Gasteiger charge is 2.10. The molecule has 0 bridgehead atoms. The number of carbonyl (C=O) groups is 1. The highest BCUT2D eigenvalue weighted by atomic mass is 16.2. The highest BCUT2D eigenvalue weighted by molar-refractivity contribution is 5.92. The fourth-order valence-electron chi connectivity index (χ4n) is 1.32. The van der Waals surface area contributed by atoms with Crippen LogP contribution < -0.4 is 10.2 Å². The molecule has 0 radical (unpaired) electrons. The van der Waals surface area contributed by atoms with Crippen LogP contribution in [-0.2, 0) is 0 Å². The van der Waals surface area contributed by atoms with Crippen LogP contribution in [-0.4, -0.2) is 19.6 Å². The van der Waals surface area contributed by atoms with Gasteiger partial charge in [-0.05, 0) is 25.5 Å². The number of benzene rings is 1. The fourth-order valence-corrected chi connectivity index (χ4v) is 1.32. The molecule has 0 spiro atoms. The van der Waals surface area contributed by atoms with E-state index in [1.165, 1.54) is 0 Å². The molecule has 3 heteroatoms. The Morgan fingerprint density at radius 3 is 2.64 bits per heavy atom. The van der Waals surface area contributed by atoms with Gasteiger partial charge in [0.25, 0.3) is 0 Å². The molecule has 1 N–H and O–H groups in total. The lowest BCUT2D eigenvalue weighted by atomic mass is 10.2. The zero-order chi connectivity index (χ0) is 10.6. The Hall–Kier alpha value is -1.51. The lowest BCUT2D eigenvalue weighted by Crippen LogP contribution is -2.37. The molecule has 0 fully saturated rings. The number of para-hydroxylation sites is 1. The van der Waals surface area contributed by atoms with Crippen LogP contribution in [0.15, 0.2) is 24.3 Å². The summed E-state index contributed by atoms with van der Waals surface area (Å²) in [5.41, 5.74) is 2.04. The summed E-state index contributed by atoms with van der Waals surface area (Å²) >= 11 is 0. The Balaban J connectivity index is 2.84. The van der Waals surface area contributed by atoms with E-state index in [2.05, 4.69) is 5.32 Å². The number of hydrogen-bond acceptors (Lipinski definition) is 1. The average Bonchev–Trinajstić information content (AvgIpc) is 2.18. The van der Waals surface area contributed by atoms with Gasteiger partial charge in [0.1, 0.15) is 0 Å². The van der Waals surface area contributed by atoms with Gasteiger partial charge in [-0.2, -0.15) is 0 Å². The summed E-state index contributed by atoms with van der Waals surface area (Å²) in [5, 5.41) is 2.76. The first-order chi connectivity index (χ1) is 6.66. The summed E-state index contributed by atoms with van der Waals surface area (Å²) in [7, 11) is 1.77. The van der Waals surface area contributed by atoms with Crippen LogP contribution in [0.4, 0.5) is 10.5 Å². The minimum absolute atomic E-state index is 0.0678. The van der Waals surface area contributed by atoms with E-state index in [1.807, 2.05) is 38.1 Å². The van der Waals surface area contributed by atoms with Gasteiger partial charge in [-0.15, -0.1) is 0 Å². The first-order valence-corrected chi connectivity index (χ1v) is 4.74. The molecular weight excluding hydrogens is 176 g/mol. The molecular formula is C11H16N2O. The van der Waals surface area contributed by atoms with Crippen molar-refractivity contribution in [1.82, 2.24) is 5.32 Å². The van der Waals surface area contributed by atoms with Gasteiger partial charge in [0.2, 0.25) is 0 Å². The topological polar surface area (TPSA) is 32.3 Å². The maximum atomic E-state index is 11.5. The van der Waals surface area contributed by atoms with Crippen molar-refractivity contribution < 1.29 is 4.79 Å². The van der Waals surface area contributed by atoms with E-state index in [1.54, 1.807) is 11.9 Å². The summed E-state index contributed by atoms with van der Waals surface area (Å²) in [5.74, 6) is 0. The molecule has 0 heterocycles. The number of amides is 2. The Kier molecular flexibility index (Phi) is 3.51. The summed E-state index contributed by atoms with van der Waals surface area (Å²) in [4.78, 5) is 13.1. The van der Waals surface area contributed by atoms with E-state index in [0.717, 1.165) is 11.3 Å². The molecule has 3 nitrogen and oxygen atoms in total. The first-order valence-electron chi connectivity index (χ1n) is 4.74. The molecule has 1 rings (SSSR count). The van der Waals surface area contributed by atoms with Crippen LogP contribution in [0.3, 0.4) is 0 Å². The Morgan fingerprint density at radius 1 is 1.43 bits per heavy atom. The highest BCUT2D eigenvalue weighted by Crippen LogP contribution is 2.17. The van der Waals surface area contributed by atoms with Crippen molar-refractivity contribution in [2.45, 2.75) is 13.8 Å². The third kappa shape index (κ3) is 2.25. The smallest absolute Gasteiger partial charge is 0.321 e. The van der Waals surface area contributed by atoms with Crippen LogP contribution in [0.2, 0.25) is 0 Å². The van der Waals surface area contributed by atoms with E-state index in [9.17, 15) is 4.79 Å². The summed E-state index contributed by atoms with van der Waals surface area (Å²) in [6.45, 7) is 4.55. The molecule has 0 aliphatic heterocycles. The molecule has 1 aromatic carbocycles. The van der Waals surface area contributed by atoms with Crippen molar-refractivity contribution in [3.8, 4) is 0 Å². The minimum atomic E-state index is -0.0678. The van der Waals surface area contributed by atoms with Crippen molar-refractivity contribution in [3.63, 3.8) is 0 Å². The number of hydrogen-bond donors (Lipinski definition) is 1. The maximum Gasteiger partial charge on any atom is 0.321 e. The van der Waals surface area contributed by atoms with Gasteiger partial charge in [-0.3, -0.25) is 4.90 Å². The number of urea groups is 1. The van der Waals surface area contributed by atoms with Crippen LogP contribution in [0.5, 0.6) is 0 Å². The SMILES string of the molecule is CCNC(=O)N(C)c1ccccc1C. The third-order valence-corrected chi connectivity index (χ3v) is 2.11. The molecule has 0 saturated carbocycles. The van der Waals surface area contributed by atoms with Gasteiger partial charge < -0.3 is 5.32 Å². The number of nitrogens with zero attached hydrogens (tertiary/aromatic N) is 1. The van der Waals surface area contributed by atoms with Gasteiger partial charge in [-0.1, -0.05) is 18.2 Å². The Labute approximate surface area is 84.7 Å². The largest absolute Gasteiger partial charge is 0.338 e. The van der Waals surface area contributed by atoms with E-state index >= 15 is 0 Å². The number of carbonyl (C=O) groups excluding carboxylic acids is 1. The Bertz CT molecular complexity index is 323. The van der Waals surface area contributed by atoms with Gasteiger partial charge in [-0.25, -0.2) is 4.79 Å². The van der Waals surface area contributed by atoms with E-state index < -0.39 is 0 Å². The predicted octanol–water partition coefficient (Wildman–Crippen LogP) is 2.16. The van der Waals surface area contributed by atoms with Gasteiger partial charge in [0, 0.05) is 19.3 Å². The Morgan fingerprint density at radius 2 is 2.07 bits per heavy atom. The maximum absolute atomic E-state index is 11.5. The fraction of sp³-hybridized carbons (Fsp3) is 0.364. The molecule has 0 aliphatic rings. The van der Waals surface area contributed by atoms with Gasteiger partial charge >= 0.3 is 6.03 Å². The minimum Gasteiger partial charge on any atom is -0.338 e. The molecule has 0 unspecified atom stereocenters. The average molecular weight is 192 g/mol. The van der Waals surface area contributed by atoms with Crippen LogP contribution in [0.25, 0.3) is 0 Å². The zero-order valence-electron chi connectivity index (χ0n) is 8.87. The van der Waals surface area contributed by atoms with Crippen molar-refractivity contribution >= 4 is 11.7 Å². The molecule has 0 atom stereocenters. The standard InChI is InChI=1S/C11H16N2O/c1-4-12-11(14)13(3)10-8-6-5-7-9(10)2/h5-8H,4H2,1-3H3,(H,12,14). The van der Waals surface area contributed by atoms with Crippen LogP contribution >= 0.6 is 0 Å². The lowest BCUT2D eigenvalue weighted by Gasteiger charge is -2.19. The quantitative estimate of drug-likeness (QED) is 0.765. The second-order valence-electron chi connectivity index (χ2n) is 3.18. The second-order valence-corrected chi connectivity index (χ2v) is 3.18. The molecule has 1 aromatic rings. The first kappa shape index (κ1) is 10.6. The van der Waals surface area contributed by atoms with Gasteiger partial charge in [0.05, 0.1) is 0 Å². The second kappa shape index (κ2) is 4.65. The molecule has 0 aromatic heterocycles. The van der Waals surface area contributed by atoms with Gasteiger partial charge in [0.15, 0.2) is 0 Å². The van der Waals surface area contributed by atoms with Crippen molar-refractivity contribution in [1.29, 1.82) is 0 Å². The summed E-state index contributed by atoms with van der Waals surface area (Å²) in [6.07, 6.45) is 0. The molecule has 2 amide bonds. The predicted molar refractivity (Wildman–Crippen MR) is 58.7 cm³/mol. The number of rotatable bonds is 2. The van der Waals surface area contributed by atoms with Crippen molar-refractivity contribution in [3.05, 3.63) is 29.8 Å². The van der Waals surface area contributed by atoms with E-state index in [0.29, 0.717) is 6.54 Å². The van der Waals surface area contributed by atoms with Crippen molar-refractivity contribution in [2.24, 2.45) is 0 Å². The molecule has 0 aliphatic carbocycles. The third-order valence-electron chi connectivity index (χ3n) is 2.11. The van der Waals surface area contributed by atoms with Crippen LogP contribution in [0.1, 0.15) is 12.5 Å². The molecule has 14 heavy (non-hydrogen) atoms. The normalized spacial score (nSPS) is 9.64. The van der Waals surface area contributed by atoms with Crippen molar-refractivity contribution in [2.75, 3.05) is 18.5 Å². The monoisotopic (exact) mass is 192 g/mol. The number of aryl methyl sites for hydroxylation is 1. The van der Waals surface area contributed by atoms with Crippen LogP contribution in [0, 0.1) is 6.92 Å².